The number of imidazole rings is 1. The summed E-state index contributed by atoms with van der Waals surface area (Å²) in [7, 11) is 1.26. The lowest BCUT2D eigenvalue weighted by molar-refractivity contribution is -0.143. The third-order valence-electron chi connectivity index (χ3n) is 5.16. The van der Waals surface area contributed by atoms with Gasteiger partial charge in [-0.15, -0.1) is 0 Å². The Balaban J connectivity index is 1.38. The van der Waals surface area contributed by atoms with Crippen LogP contribution in [-0.2, 0) is 19.8 Å². The summed E-state index contributed by atoms with van der Waals surface area (Å²) in [6.45, 7) is 0.124. The van der Waals surface area contributed by atoms with Crippen LogP contribution in [0.1, 0.15) is 16.2 Å². The number of hydrogen-bond donors (Lipinski definition) is 1. The molecule has 33 heavy (non-hydrogen) atoms. The lowest BCUT2D eigenvalue weighted by atomic mass is 10.1. The van der Waals surface area contributed by atoms with Crippen molar-refractivity contribution in [1.29, 1.82) is 0 Å². The molecule has 0 fully saturated rings. The van der Waals surface area contributed by atoms with E-state index in [9.17, 15) is 18.0 Å². The maximum Gasteiger partial charge on any atom is 0.433 e. The van der Waals surface area contributed by atoms with Crippen molar-refractivity contribution >= 4 is 5.78 Å². The summed E-state index contributed by atoms with van der Waals surface area (Å²) in [4.78, 5) is 21.3. The van der Waals surface area contributed by atoms with Gasteiger partial charge in [-0.05, 0) is 18.2 Å². The third kappa shape index (κ3) is 4.00. The highest BCUT2D eigenvalue weighted by Crippen LogP contribution is 2.32. The summed E-state index contributed by atoms with van der Waals surface area (Å²) in [6, 6.07) is 11.2. The van der Waals surface area contributed by atoms with Gasteiger partial charge in [-0.2, -0.15) is 23.4 Å². The predicted octanol–water partition coefficient (Wildman–Crippen LogP) is 4.08. The van der Waals surface area contributed by atoms with Gasteiger partial charge >= 0.3 is 6.18 Å². The molecule has 2 aliphatic heterocycles. The Hall–Kier alpha value is -4.28. The maximum atomic E-state index is 13.0. The van der Waals surface area contributed by atoms with Crippen LogP contribution in [0, 0.1) is 0 Å². The quantitative estimate of drug-likeness (QED) is 0.407. The number of carbonyl (C=O) groups excluding carboxylic acids is 1. The van der Waals surface area contributed by atoms with Crippen molar-refractivity contribution in [3.63, 3.8) is 0 Å². The molecule has 0 saturated carbocycles. The summed E-state index contributed by atoms with van der Waals surface area (Å²) >= 11 is 0. The van der Waals surface area contributed by atoms with E-state index in [0.29, 0.717) is 34.0 Å². The monoisotopic (exact) mass is 451 g/mol. The van der Waals surface area contributed by atoms with Gasteiger partial charge in [-0.1, -0.05) is 24.3 Å². The number of H-pyrrole nitrogens is 1. The number of Topliss-reactive ketones (excluding diaryl/α,β-unsaturated/α-hetero) is 1. The molecule has 1 N–H and O–H groups in total. The van der Waals surface area contributed by atoms with Gasteiger partial charge in [-0.3, -0.25) is 14.6 Å². The summed E-state index contributed by atoms with van der Waals surface area (Å²) < 4.78 is 41.6. The van der Waals surface area contributed by atoms with E-state index in [0.717, 1.165) is 10.7 Å². The number of nitrogens with one attached hydrogen (secondary N) is 1. The molecule has 166 valence electrons. The zero-order valence-electron chi connectivity index (χ0n) is 17.2. The van der Waals surface area contributed by atoms with Gasteiger partial charge in [0.1, 0.15) is 17.1 Å². The fourth-order valence-corrected chi connectivity index (χ4v) is 3.51. The van der Waals surface area contributed by atoms with Crippen molar-refractivity contribution in [2.24, 2.45) is 7.05 Å². The van der Waals surface area contributed by atoms with Crippen LogP contribution in [0.15, 0.2) is 61.1 Å². The van der Waals surface area contributed by atoms with Gasteiger partial charge < -0.3 is 4.57 Å². The van der Waals surface area contributed by atoms with Crippen molar-refractivity contribution in [3.05, 3.63) is 72.4 Å². The van der Waals surface area contributed by atoms with E-state index in [1.165, 1.54) is 13.2 Å². The average Bonchev–Trinajstić information content (AvgIpc) is 3.52. The van der Waals surface area contributed by atoms with Crippen LogP contribution in [0.2, 0.25) is 0 Å². The number of aryl methyl sites for hydroxylation is 1. The van der Waals surface area contributed by atoms with Crippen LogP contribution in [0.25, 0.3) is 34.0 Å². The molecule has 0 unspecified atom stereocenters. The van der Waals surface area contributed by atoms with E-state index < -0.39 is 11.9 Å². The lowest BCUT2D eigenvalue weighted by Gasteiger charge is -2.06. The van der Waals surface area contributed by atoms with E-state index >= 15 is 0 Å². The van der Waals surface area contributed by atoms with Gasteiger partial charge in [0.15, 0.2) is 11.6 Å². The van der Waals surface area contributed by atoms with E-state index in [4.69, 9.17) is 0 Å². The number of aromatic nitrogens is 7. The van der Waals surface area contributed by atoms with Crippen LogP contribution in [0.3, 0.4) is 0 Å². The molecule has 0 radical (unpaired) electrons. The number of pyridine rings is 1. The van der Waals surface area contributed by atoms with E-state index in [1.807, 2.05) is 0 Å². The molecule has 0 bridgehead atoms. The first-order valence-corrected chi connectivity index (χ1v) is 9.86. The topological polar surface area (TPSA) is 94.3 Å². The van der Waals surface area contributed by atoms with Crippen LogP contribution in [0.4, 0.5) is 13.2 Å². The SMILES string of the molecule is Cn1nc(-c2ccc(-c3nc4ccn(CC(=O)c5ccn[nH]5)cc-4n3)cc2)cc1C(F)(F)F. The highest BCUT2D eigenvalue weighted by atomic mass is 19.4. The Kier molecular flexibility index (Phi) is 4.81. The minimum Gasteiger partial charge on any atom is -0.344 e. The summed E-state index contributed by atoms with van der Waals surface area (Å²) in [6.07, 6.45) is 0.534. The zero-order chi connectivity index (χ0) is 23.2. The van der Waals surface area contributed by atoms with Gasteiger partial charge in [-0.25, -0.2) is 9.97 Å². The average molecular weight is 451 g/mol. The number of halogens is 3. The molecule has 0 saturated heterocycles. The molecule has 0 atom stereocenters. The minimum absolute atomic E-state index is 0.115. The number of fused-ring (bicyclic) bond motifs is 1. The number of ketones is 1. The van der Waals surface area contributed by atoms with Crippen molar-refractivity contribution in [1.82, 2.24) is 34.5 Å². The Labute approximate surface area is 185 Å². The van der Waals surface area contributed by atoms with Crippen molar-refractivity contribution in [2.75, 3.05) is 0 Å². The minimum atomic E-state index is -4.47. The first-order valence-electron chi connectivity index (χ1n) is 9.86. The lowest BCUT2D eigenvalue weighted by Crippen LogP contribution is -2.11. The van der Waals surface area contributed by atoms with Gasteiger partial charge in [0.25, 0.3) is 0 Å². The molecule has 11 heteroatoms. The molecule has 1 aromatic carbocycles. The second-order valence-electron chi connectivity index (χ2n) is 7.44. The molecule has 8 nitrogen and oxygen atoms in total. The fraction of sp³-hybridized carbons (Fsp3) is 0.136. The number of nitrogens with zero attached hydrogens (tertiary/aromatic N) is 6. The first-order chi connectivity index (χ1) is 15.8. The van der Waals surface area contributed by atoms with Crippen LogP contribution >= 0.6 is 0 Å². The molecular formula is C22H16F3N7O. The molecule has 3 aromatic rings. The standard InChI is InChI=1S/C22H16F3N7O/c1-31-20(22(23,24)25)10-17(30-31)13-2-4-14(5-3-13)21-27-15-7-9-32(11-18(15)28-21)12-19(33)16-6-8-26-29-16/h2-11H,12H2,1H3,(H,26,29). The molecule has 4 heterocycles. The van der Waals surface area contributed by atoms with Gasteiger partial charge in [0.05, 0.1) is 17.9 Å². The Morgan fingerprint density at radius 3 is 2.39 bits per heavy atom. The third-order valence-corrected chi connectivity index (χ3v) is 5.16. The Morgan fingerprint density at radius 1 is 1.00 bits per heavy atom. The van der Waals surface area contributed by atoms with Crippen LogP contribution in [0.5, 0.6) is 0 Å². The molecule has 2 aliphatic rings. The second-order valence-corrected chi connectivity index (χ2v) is 7.44. The number of alkyl halides is 3. The second kappa shape index (κ2) is 7.69. The van der Waals surface area contributed by atoms with E-state index in [-0.39, 0.29) is 18.0 Å². The van der Waals surface area contributed by atoms with Crippen molar-refractivity contribution in [3.8, 4) is 34.0 Å². The van der Waals surface area contributed by atoms with E-state index in [1.54, 1.807) is 53.4 Å². The molecule has 2 aromatic heterocycles. The Morgan fingerprint density at radius 2 is 1.73 bits per heavy atom. The number of aromatic amines is 1. The molecular weight excluding hydrogens is 435 g/mol. The summed E-state index contributed by atoms with van der Waals surface area (Å²) in [5.41, 5.74) is 2.39. The highest BCUT2D eigenvalue weighted by Gasteiger charge is 2.35. The van der Waals surface area contributed by atoms with Crippen LogP contribution in [-0.4, -0.2) is 40.3 Å². The normalized spacial score (nSPS) is 11.9. The molecule has 0 amide bonds. The smallest absolute Gasteiger partial charge is 0.344 e. The maximum absolute atomic E-state index is 13.0. The molecule has 0 spiro atoms. The largest absolute Gasteiger partial charge is 0.433 e. The van der Waals surface area contributed by atoms with E-state index in [2.05, 4.69) is 25.3 Å². The number of rotatable bonds is 5. The summed E-state index contributed by atoms with van der Waals surface area (Å²) in [5.74, 6) is 0.363. The number of benzene rings is 1. The number of carbonyl (C=O) groups is 1. The van der Waals surface area contributed by atoms with Crippen LogP contribution < -0.4 is 0 Å². The van der Waals surface area contributed by atoms with Crippen molar-refractivity contribution in [2.45, 2.75) is 12.7 Å². The molecule has 5 rings (SSSR count). The number of hydrogen-bond acceptors (Lipinski definition) is 5. The predicted molar refractivity (Wildman–Crippen MR) is 112 cm³/mol. The van der Waals surface area contributed by atoms with Gasteiger partial charge in [0.2, 0.25) is 0 Å². The fourth-order valence-electron chi connectivity index (χ4n) is 3.51. The highest BCUT2D eigenvalue weighted by molar-refractivity contribution is 5.93. The molecule has 0 aliphatic carbocycles. The van der Waals surface area contributed by atoms with Gasteiger partial charge in [0, 0.05) is 36.8 Å². The zero-order valence-corrected chi connectivity index (χ0v) is 17.2. The Bertz CT molecular complexity index is 1400. The van der Waals surface area contributed by atoms with Crippen molar-refractivity contribution < 1.29 is 18.0 Å². The first kappa shape index (κ1) is 20.6. The summed E-state index contributed by atoms with van der Waals surface area (Å²) in [5, 5.41) is 10.4.